The van der Waals surface area contributed by atoms with Gasteiger partial charge in [-0.1, -0.05) is 60.7 Å². The van der Waals surface area contributed by atoms with Crippen LogP contribution in [-0.2, 0) is 10.1 Å². The molecule has 0 aliphatic heterocycles. The van der Waals surface area contributed by atoms with Crippen LogP contribution in [-0.4, -0.2) is 20.1 Å². The van der Waals surface area contributed by atoms with Crippen molar-refractivity contribution in [2.75, 3.05) is 7.11 Å². The summed E-state index contributed by atoms with van der Waals surface area (Å²) >= 11 is 0. The largest absolute Gasteiger partial charge is 0.496 e. The van der Waals surface area contributed by atoms with Crippen molar-refractivity contribution in [2.45, 2.75) is 11.8 Å². The molecule has 1 unspecified atom stereocenters. The average molecular weight is 386 g/mol. The fraction of sp³-hybridized carbons (Fsp3) is 0.100. The summed E-state index contributed by atoms with van der Waals surface area (Å²) in [6, 6.07) is 22.0. The highest BCUT2D eigenvalue weighted by Gasteiger charge is 2.27. The Balaban J connectivity index is 2.36. The molecule has 1 atom stereocenters. The molecule has 26 heavy (non-hydrogen) atoms. The third-order valence-electron chi connectivity index (χ3n) is 4.07. The minimum atomic E-state index is -4.35. The van der Waals surface area contributed by atoms with Crippen LogP contribution in [0.3, 0.4) is 0 Å². The van der Waals surface area contributed by atoms with Gasteiger partial charge in [-0.15, -0.1) is 0 Å². The minimum Gasteiger partial charge on any atom is -0.496 e. The average Bonchev–Trinajstić information content (AvgIpc) is 2.63. The van der Waals surface area contributed by atoms with E-state index in [-0.39, 0.29) is 4.90 Å². The molecule has 0 aliphatic carbocycles. The number of para-hydroxylation sites is 1. The molecule has 0 radical (unpaired) electrons. The van der Waals surface area contributed by atoms with Gasteiger partial charge in [-0.2, -0.15) is 8.42 Å². The van der Waals surface area contributed by atoms with E-state index in [4.69, 9.17) is 4.74 Å². The highest BCUT2D eigenvalue weighted by Crippen LogP contribution is 2.39. The van der Waals surface area contributed by atoms with Crippen molar-refractivity contribution in [1.29, 1.82) is 0 Å². The molecule has 0 heterocycles. The Morgan fingerprint density at radius 1 is 0.808 bits per heavy atom. The quantitative estimate of drug-likeness (QED) is 0.541. The van der Waals surface area contributed by atoms with Crippen molar-refractivity contribution in [2.24, 2.45) is 0 Å². The Kier molecular flexibility index (Phi) is 5.42. The van der Waals surface area contributed by atoms with Crippen molar-refractivity contribution in [1.82, 2.24) is 0 Å². The van der Waals surface area contributed by atoms with Crippen LogP contribution < -0.4 is 20.7 Å². The molecular formula is C20H19O4PS. The topological polar surface area (TPSA) is 63.6 Å². The van der Waals surface area contributed by atoms with Gasteiger partial charge in [-0.3, -0.25) is 4.55 Å². The molecule has 4 nitrogen and oxygen atoms in total. The summed E-state index contributed by atoms with van der Waals surface area (Å²) in [5.41, 5.74) is 1.05. The summed E-state index contributed by atoms with van der Waals surface area (Å²) in [6.45, 7) is 2.00. The van der Waals surface area contributed by atoms with Crippen molar-refractivity contribution in [3.8, 4) is 5.75 Å². The summed E-state index contributed by atoms with van der Waals surface area (Å²) in [6.07, 6.45) is 0. The number of aryl methyl sites for hydroxylation is 1. The van der Waals surface area contributed by atoms with Crippen LogP contribution in [0, 0.1) is 6.92 Å². The minimum absolute atomic E-state index is 0.0692. The van der Waals surface area contributed by atoms with Gasteiger partial charge in [-0.05, 0) is 37.8 Å². The van der Waals surface area contributed by atoms with Gasteiger partial charge in [0.25, 0.3) is 10.1 Å². The van der Waals surface area contributed by atoms with Crippen LogP contribution in [0.5, 0.6) is 5.75 Å². The lowest BCUT2D eigenvalue weighted by Crippen LogP contribution is -2.26. The number of rotatable bonds is 5. The lowest BCUT2D eigenvalue weighted by molar-refractivity contribution is 0.418. The summed E-state index contributed by atoms with van der Waals surface area (Å²) in [5, 5.41) is 2.49. The standard InChI is InChI=1S/C20H19O4PS/c1-15-9-3-5-11-17(15)25(18-12-6-4-10-16(18)24-2)19-13-7-8-14-20(19)26(21,22)23/h3-14H,1-2H3,(H,21,22,23). The Labute approximate surface area is 155 Å². The first-order valence-corrected chi connectivity index (χ1v) is 10.8. The Bertz CT molecular complexity index is 1030. The van der Waals surface area contributed by atoms with E-state index in [9.17, 15) is 13.0 Å². The Hall–Kier alpha value is -2.20. The van der Waals surface area contributed by atoms with E-state index in [2.05, 4.69) is 0 Å². The van der Waals surface area contributed by atoms with Gasteiger partial charge in [-0.25, -0.2) is 0 Å². The second-order valence-corrected chi connectivity index (χ2v) is 9.24. The van der Waals surface area contributed by atoms with Crippen LogP contribution in [0.25, 0.3) is 0 Å². The predicted molar refractivity (Wildman–Crippen MR) is 106 cm³/mol. The highest BCUT2D eigenvalue weighted by molar-refractivity contribution is 7.88. The van der Waals surface area contributed by atoms with Crippen molar-refractivity contribution >= 4 is 34.0 Å². The molecule has 0 bridgehead atoms. The van der Waals surface area contributed by atoms with Crippen molar-refractivity contribution in [3.63, 3.8) is 0 Å². The molecule has 0 aliphatic rings. The van der Waals surface area contributed by atoms with E-state index in [0.29, 0.717) is 11.1 Å². The normalized spacial score (nSPS) is 12.6. The second-order valence-electron chi connectivity index (χ2n) is 5.74. The zero-order valence-electron chi connectivity index (χ0n) is 14.5. The van der Waals surface area contributed by atoms with E-state index < -0.39 is 18.0 Å². The van der Waals surface area contributed by atoms with Crippen LogP contribution >= 0.6 is 7.92 Å². The third-order valence-corrected chi connectivity index (χ3v) is 7.84. The fourth-order valence-electron chi connectivity index (χ4n) is 2.88. The van der Waals surface area contributed by atoms with Gasteiger partial charge in [0.2, 0.25) is 0 Å². The first kappa shape index (κ1) is 18.6. The summed E-state index contributed by atoms with van der Waals surface area (Å²) in [7, 11) is -4.00. The molecule has 134 valence electrons. The lowest BCUT2D eigenvalue weighted by atomic mass is 10.2. The second kappa shape index (κ2) is 7.58. The smallest absolute Gasteiger partial charge is 0.295 e. The van der Waals surface area contributed by atoms with E-state index in [0.717, 1.165) is 16.2 Å². The monoisotopic (exact) mass is 386 g/mol. The SMILES string of the molecule is COc1ccccc1P(c1ccccc1C)c1ccccc1S(=O)(=O)O. The molecule has 0 spiro atoms. The maximum atomic E-state index is 12.0. The van der Waals surface area contributed by atoms with Gasteiger partial charge >= 0.3 is 0 Å². The zero-order chi connectivity index (χ0) is 18.7. The first-order valence-electron chi connectivity index (χ1n) is 7.99. The molecule has 6 heteroatoms. The molecule has 3 rings (SSSR count). The first-order chi connectivity index (χ1) is 12.4. The maximum Gasteiger partial charge on any atom is 0.295 e. The number of methoxy groups -OCH3 is 1. The molecule has 3 aromatic rings. The van der Waals surface area contributed by atoms with Crippen molar-refractivity contribution in [3.05, 3.63) is 78.4 Å². The van der Waals surface area contributed by atoms with Crippen LogP contribution in [0.4, 0.5) is 0 Å². The molecule has 0 aromatic heterocycles. The van der Waals surface area contributed by atoms with E-state index >= 15 is 0 Å². The third kappa shape index (κ3) is 3.65. The van der Waals surface area contributed by atoms with E-state index in [1.54, 1.807) is 25.3 Å². The summed E-state index contributed by atoms with van der Waals surface area (Å²) in [5.74, 6) is 0.687. The summed E-state index contributed by atoms with van der Waals surface area (Å²) < 4.78 is 39.3. The molecule has 0 amide bonds. The number of hydrogen-bond acceptors (Lipinski definition) is 3. The van der Waals surface area contributed by atoms with Crippen LogP contribution in [0.15, 0.2) is 77.7 Å². The van der Waals surface area contributed by atoms with Gasteiger partial charge in [0.1, 0.15) is 10.6 Å². The van der Waals surface area contributed by atoms with Gasteiger partial charge in [0, 0.05) is 10.6 Å². The summed E-state index contributed by atoms with van der Waals surface area (Å²) in [4.78, 5) is -0.0692. The highest BCUT2D eigenvalue weighted by atomic mass is 32.2. The Morgan fingerprint density at radius 3 is 1.96 bits per heavy atom. The van der Waals surface area contributed by atoms with Crippen molar-refractivity contribution < 1.29 is 17.7 Å². The molecule has 1 N–H and O–H groups in total. The maximum absolute atomic E-state index is 12.0. The predicted octanol–water partition coefficient (Wildman–Crippen LogP) is 3.01. The van der Waals surface area contributed by atoms with Gasteiger partial charge in [0.05, 0.1) is 7.11 Å². The van der Waals surface area contributed by atoms with E-state index in [1.165, 1.54) is 6.07 Å². The van der Waals surface area contributed by atoms with Gasteiger partial charge in [0.15, 0.2) is 0 Å². The number of ether oxygens (including phenoxy) is 1. The van der Waals surface area contributed by atoms with E-state index in [1.807, 2.05) is 55.5 Å². The van der Waals surface area contributed by atoms with Crippen LogP contribution in [0.1, 0.15) is 5.56 Å². The molecular weight excluding hydrogens is 367 g/mol. The number of hydrogen-bond donors (Lipinski definition) is 1. The molecule has 0 saturated heterocycles. The zero-order valence-corrected chi connectivity index (χ0v) is 16.2. The fourth-order valence-corrected chi connectivity index (χ4v) is 6.67. The van der Waals surface area contributed by atoms with Gasteiger partial charge < -0.3 is 4.74 Å². The lowest BCUT2D eigenvalue weighted by Gasteiger charge is -2.24. The number of benzene rings is 3. The molecule has 0 saturated carbocycles. The Morgan fingerprint density at radius 2 is 1.35 bits per heavy atom. The van der Waals surface area contributed by atoms with Crippen LogP contribution in [0.2, 0.25) is 0 Å². The molecule has 3 aromatic carbocycles. The molecule has 0 fully saturated rings.